The molecule has 2 rings (SSSR count). The quantitative estimate of drug-likeness (QED) is 0.614. The predicted molar refractivity (Wildman–Crippen MR) is 59.9 cm³/mol. The number of halogens is 1. The molecule has 17 heavy (non-hydrogen) atoms. The van der Waals surface area contributed by atoms with Gasteiger partial charge in [0.05, 0.1) is 11.5 Å². The first-order chi connectivity index (χ1) is 8.08. The lowest BCUT2D eigenvalue weighted by Gasteiger charge is -2.12. The first-order valence-electron chi connectivity index (χ1n) is 4.92. The average molecular weight is 257 g/mol. The van der Waals surface area contributed by atoms with Crippen LogP contribution in [0, 0.1) is 10.1 Å². The van der Waals surface area contributed by atoms with Crippen LogP contribution in [0.5, 0.6) is 0 Å². The Morgan fingerprint density at radius 1 is 1.53 bits per heavy atom. The molecule has 0 aliphatic carbocycles. The Bertz CT molecular complexity index is 477. The molecule has 1 saturated heterocycles. The van der Waals surface area contributed by atoms with Crippen LogP contribution >= 0.6 is 11.6 Å². The van der Waals surface area contributed by atoms with Crippen LogP contribution in [0.3, 0.4) is 0 Å². The van der Waals surface area contributed by atoms with Gasteiger partial charge in [-0.1, -0.05) is 17.7 Å². The summed E-state index contributed by atoms with van der Waals surface area (Å²) in [6.45, 7) is 1.14. The summed E-state index contributed by atoms with van der Waals surface area (Å²) < 4.78 is 4.77. The third-order valence-corrected chi connectivity index (χ3v) is 2.75. The Morgan fingerprint density at radius 2 is 2.29 bits per heavy atom. The van der Waals surface area contributed by atoms with Crippen molar-refractivity contribution in [3.63, 3.8) is 0 Å². The van der Waals surface area contributed by atoms with E-state index in [1.54, 1.807) is 6.07 Å². The number of rotatable bonds is 3. The lowest BCUT2D eigenvalue weighted by atomic mass is 10.2. The Labute approximate surface area is 102 Å². The third kappa shape index (κ3) is 2.47. The first-order valence-corrected chi connectivity index (χ1v) is 5.30. The Hall–Kier alpha value is -1.82. The van der Waals surface area contributed by atoms with Gasteiger partial charge in [-0.05, 0) is 11.6 Å². The minimum absolute atomic E-state index is 0.0859. The lowest BCUT2D eigenvalue weighted by Crippen LogP contribution is -2.23. The van der Waals surface area contributed by atoms with E-state index in [1.165, 1.54) is 17.0 Å². The van der Waals surface area contributed by atoms with Gasteiger partial charge in [0.2, 0.25) is 0 Å². The molecule has 0 spiro atoms. The fourth-order valence-corrected chi connectivity index (χ4v) is 1.77. The summed E-state index contributed by atoms with van der Waals surface area (Å²) in [4.78, 5) is 22.8. The normalized spacial score (nSPS) is 14.9. The SMILES string of the molecule is O=C1OCCN1Cc1ccc(Cl)c([N+](=O)[O-])c1. The molecule has 1 aliphatic heterocycles. The second kappa shape index (κ2) is 4.58. The summed E-state index contributed by atoms with van der Waals surface area (Å²) in [6, 6.07) is 4.48. The monoisotopic (exact) mass is 256 g/mol. The van der Waals surface area contributed by atoms with E-state index in [4.69, 9.17) is 16.3 Å². The number of benzene rings is 1. The van der Waals surface area contributed by atoms with E-state index in [0.29, 0.717) is 18.7 Å². The molecule has 6 nitrogen and oxygen atoms in total. The smallest absolute Gasteiger partial charge is 0.410 e. The van der Waals surface area contributed by atoms with Crippen molar-refractivity contribution < 1.29 is 14.5 Å². The zero-order valence-electron chi connectivity index (χ0n) is 8.76. The maximum Gasteiger partial charge on any atom is 0.410 e. The maximum atomic E-state index is 11.2. The molecule has 0 unspecified atom stereocenters. The first kappa shape index (κ1) is 11.7. The number of nitro groups is 1. The van der Waals surface area contributed by atoms with Gasteiger partial charge in [0, 0.05) is 12.6 Å². The highest BCUT2D eigenvalue weighted by atomic mass is 35.5. The molecule has 0 N–H and O–H groups in total. The van der Waals surface area contributed by atoms with E-state index in [9.17, 15) is 14.9 Å². The molecule has 1 amide bonds. The topological polar surface area (TPSA) is 72.7 Å². The fourth-order valence-electron chi connectivity index (χ4n) is 1.59. The molecule has 0 aromatic heterocycles. The number of ether oxygens (including phenoxy) is 1. The van der Waals surface area contributed by atoms with Crippen molar-refractivity contribution in [3.05, 3.63) is 38.9 Å². The number of carbonyl (C=O) groups excluding carboxylic acids is 1. The Balaban J connectivity index is 2.19. The summed E-state index contributed by atoms with van der Waals surface area (Å²) >= 11 is 5.69. The van der Waals surface area contributed by atoms with Crippen LogP contribution in [0.25, 0.3) is 0 Å². The molecule has 7 heteroatoms. The molecular formula is C10H9ClN2O4. The van der Waals surface area contributed by atoms with E-state index in [-0.39, 0.29) is 17.3 Å². The minimum Gasteiger partial charge on any atom is -0.448 e. The molecule has 1 fully saturated rings. The molecule has 1 aromatic rings. The highest BCUT2D eigenvalue weighted by Gasteiger charge is 2.23. The van der Waals surface area contributed by atoms with Gasteiger partial charge in [-0.2, -0.15) is 0 Å². The van der Waals surface area contributed by atoms with Gasteiger partial charge in [-0.25, -0.2) is 4.79 Å². The van der Waals surface area contributed by atoms with Crippen LogP contribution in [-0.2, 0) is 11.3 Å². The van der Waals surface area contributed by atoms with Gasteiger partial charge in [0.1, 0.15) is 11.6 Å². The predicted octanol–water partition coefficient (Wildman–Crippen LogP) is 2.20. The van der Waals surface area contributed by atoms with Crippen molar-refractivity contribution in [2.24, 2.45) is 0 Å². The molecule has 0 atom stereocenters. The molecule has 0 radical (unpaired) electrons. The molecule has 1 aromatic carbocycles. The van der Waals surface area contributed by atoms with Crippen LogP contribution in [0.2, 0.25) is 5.02 Å². The lowest BCUT2D eigenvalue weighted by molar-refractivity contribution is -0.384. The fraction of sp³-hybridized carbons (Fsp3) is 0.300. The van der Waals surface area contributed by atoms with Gasteiger partial charge >= 0.3 is 6.09 Å². The number of amides is 1. The number of hydrogen-bond acceptors (Lipinski definition) is 4. The Kier molecular flexibility index (Phi) is 3.14. The van der Waals surface area contributed by atoms with Gasteiger partial charge in [0.25, 0.3) is 5.69 Å². The van der Waals surface area contributed by atoms with Crippen molar-refractivity contribution in [2.75, 3.05) is 13.2 Å². The van der Waals surface area contributed by atoms with Crippen LogP contribution in [0.4, 0.5) is 10.5 Å². The van der Waals surface area contributed by atoms with E-state index in [1.807, 2.05) is 0 Å². The van der Waals surface area contributed by atoms with Crippen LogP contribution < -0.4 is 0 Å². The molecular weight excluding hydrogens is 248 g/mol. The standard InChI is InChI=1S/C10H9ClN2O4/c11-8-2-1-7(5-9(8)13(15)16)6-12-3-4-17-10(12)14/h1-2,5H,3-4,6H2. The van der Waals surface area contributed by atoms with Gasteiger partial charge in [-0.15, -0.1) is 0 Å². The van der Waals surface area contributed by atoms with E-state index >= 15 is 0 Å². The second-order valence-electron chi connectivity index (χ2n) is 3.58. The number of nitro benzene ring substituents is 1. The number of hydrogen-bond donors (Lipinski definition) is 0. The summed E-state index contributed by atoms with van der Waals surface area (Å²) in [7, 11) is 0. The summed E-state index contributed by atoms with van der Waals surface area (Å²) in [5.41, 5.74) is 0.497. The largest absolute Gasteiger partial charge is 0.448 e. The molecule has 0 bridgehead atoms. The van der Waals surface area contributed by atoms with Gasteiger partial charge in [-0.3, -0.25) is 10.1 Å². The summed E-state index contributed by atoms with van der Waals surface area (Å²) in [5.74, 6) is 0. The molecule has 1 aliphatic rings. The van der Waals surface area contributed by atoms with Crippen LogP contribution in [0.15, 0.2) is 18.2 Å². The Morgan fingerprint density at radius 3 is 2.88 bits per heavy atom. The van der Waals surface area contributed by atoms with E-state index < -0.39 is 11.0 Å². The van der Waals surface area contributed by atoms with Crippen molar-refractivity contribution >= 4 is 23.4 Å². The van der Waals surface area contributed by atoms with E-state index in [0.717, 1.165) is 0 Å². The maximum absolute atomic E-state index is 11.2. The van der Waals surface area contributed by atoms with Gasteiger partial charge < -0.3 is 9.64 Å². The van der Waals surface area contributed by atoms with Crippen molar-refractivity contribution in [1.29, 1.82) is 0 Å². The van der Waals surface area contributed by atoms with Crippen LogP contribution in [-0.4, -0.2) is 29.1 Å². The highest BCUT2D eigenvalue weighted by molar-refractivity contribution is 6.32. The number of cyclic esters (lactones) is 1. The van der Waals surface area contributed by atoms with E-state index in [2.05, 4.69) is 0 Å². The highest BCUT2D eigenvalue weighted by Crippen LogP contribution is 2.26. The molecule has 0 saturated carbocycles. The second-order valence-corrected chi connectivity index (χ2v) is 3.99. The molecule has 90 valence electrons. The van der Waals surface area contributed by atoms with Crippen molar-refractivity contribution in [1.82, 2.24) is 4.90 Å². The molecule has 1 heterocycles. The zero-order chi connectivity index (χ0) is 12.4. The number of carbonyl (C=O) groups is 1. The average Bonchev–Trinajstić information content (AvgIpc) is 2.67. The van der Waals surface area contributed by atoms with Gasteiger partial charge in [0.15, 0.2) is 0 Å². The van der Waals surface area contributed by atoms with Crippen LogP contribution in [0.1, 0.15) is 5.56 Å². The number of nitrogens with zero attached hydrogens (tertiary/aromatic N) is 2. The summed E-state index contributed by atoms with van der Waals surface area (Å²) in [6.07, 6.45) is -0.400. The summed E-state index contributed by atoms with van der Waals surface area (Å²) in [5, 5.41) is 10.8. The zero-order valence-corrected chi connectivity index (χ0v) is 9.51. The van der Waals surface area contributed by atoms with Crippen molar-refractivity contribution in [2.45, 2.75) is 6.54 Å². The third-order valence-electron chi connectivity index (χ3n) is 2.43. The van der Waals surface area contributed by atoms with Crippen molar-refractivity contribution in [3.8, 4) is 0 Å². The minimum atomic E-state index is -0.547.